The van der Waals surface area contributed by atoms with Gasteiger partial charge in [-0.15, -0.1) is 0 Å². The Morgan fingerprint density at radius 2 is 2.25 bits per heavy atom. The summed E-state index contributed by atoms with van der Waals surface area (Å²) >= 11 is 3.32. The van der Waals surface area contributed by atoms with Crippen LogP contribution in [0.5, 0.6) is 5.88 Å². The zero-order chi connectivity index (χ0) is 12.2. The molecule has 0 saturated carbocycles. The van der Waals surface area contributed by atoms with E-state index in [1.54, 1.807) is 12.3 Å². The lowest BCUT2D eigenvalue weighted by atomic mass is 10.1. The van der Waals surface area contributed by atoms with E-state index in [9.17, 15) is 4.79 Å². The molecule has 0 radical (unpaired) electrons. The second-order valence-corrected chi connectivity index (χ2v) is 4.96. The van der Waals surface area contributed by atoms with Crippen molar-refractivity contribution in [3.8, 4) is 5.88 Å². The lowest BCUT2D eigenvalue weighted by molar-refractivity contribution is 0.189. The average molecular weight is 287 g/mol. The Hall–Kier alpha value is -1.10. The summed E-state index contributed by atoms with van der Waals surface area (Å²) in [6.07, 6.45) is 1.11. The molecule has 0 atom stereocenters. The van der Waals surface area contributed by atoms with Crippen molar-refractivity contribution in [2.75, 3.05) is 0 Å². The Labute approximate surface area is 104 Å². The molecule has 1 heterocycles. The highest BCUT2D eigenvalue weighted by Gasteiger charge is 2.15. The number of halogens is 1. The van der Waals surface area contributed by atoms with Gasteiger partial charge in [0.25, 0.3) is 0 Å². The van der Waals surface area contributed by atoms with Crippen molar-refractivity contribution in [1.29, 1.82) is 0 Å². The number of alkyl halides is 1. The molecular formula is C11H15BrN2O2. The summed E-state index contributed by atoms with van der Waals surface area (Å²) < 4.78 is 5.05. The average Bonchev–Trinajstić information content (AvgIpc) is 2.15. The van der Waals surface area contributed by atoms with E-state index in [2.05, 4.69) is 26.2 Å². The number of nitrogens with zero attached hydrogens (tertiary/aromatic N) is 1. The van der Waals surface area contributed by atoms with Crippen molar-refractivity contribution in [3.63, 3.8) is 0 Å². The lowest BCUT2D eigenvalue weighted by Gasteiger charge is -2.19. The third-order valence-corrected chi connectivity index (χ3v) is 2.28. The Bertz CT molecular complexity index is 374. The fourth-order valence-electron chi connectivity index (χ4n) is 1.02. The Morgan fingerprint density at radius 3 is 2.81 bits per heavy atom. The first-order valence-electron chi connectivity index (χ1n) is 4.91. The molecule has 0 aliphatic heterocycles. The van der Waals surface area contributed by atoms with E-state index in [0.717, 1.165) is 5.56 Å². The molecule has 0 bridgehead atoms. The van der Waals surface area contributed by atoms with E-state index in [0.29, 0.717) is 11.2 Å². The van der Waals surface area contributed by atoms with E-state index >= 15 is 0 Å². The zero-order valence-electron chi connectivity index (χ0n) is 9.58. The van der Waals surface area contributed by atoms with Crippen LogP contribution in [0.2, 0.25) is 0 Å². The Kier molecular flexibility index (Phi) is 4.29. The molecule has 88 valence electrons. The van der Waals surface area contributed by atoms with Gasteiger partial charge in [-0.05, 0) is 32.4 Å². The summed E-state index contributed by atoms with van der Waals surface area (Å²) in [5.74, 6) is 0.304. The molecule has 1 aromatic heterocycles. The van der Waals surface area contributed by atoms with Crippen LogP contribution in [-0.2, 0) is 5.33 Å². The minimum Gasteiger partial charge on any atom is -0.391 e. The number of hydrogen-bond donors (Lipinski definition) is 1. The predicted octanol–water partition coefficient (Wildman–Crippen LogP) is 2.86. The number of hydrogen-bond acceptors (Lipinski definition) is 3. The highest BCUT2D eigenvalue weighted by molar-refractivity contribution is 9.08. The van der Waals surface area contributed by atoms with Crippen molar-refractivity contribution in [3.05, 3.63) is 23.9 Å². The molecule has 0 saturated heterocycles. The summed E-state index contributed by atoms with van der Waals surface area (Å²) in [5, 5.41) is 3.39. The molecule has 16 heavy (non-hydrogen) atoms. The van der Waals surface area contributed by atoms with Crippen LogP contribution in [0.1, 0.15) is 26.3 Å². The number of pyridine rings is 1. The normalized spacial score (nSPS) is 11.0. The molecule has 1 N–H and O–H groups in total. The minimum absolute atomic E-state index is 0.304. The molecule has 5 heteroatoms. The molecule has 0 unspecified atom stereocenters. The van der Waals surface area contributed by atoms with Crippen LogP contribution < -0.4 is 10.1 Å². The first-order chi connectivity index (χ1) is 7.40. The van der Waals surface area contributed by atoms with Gasteiger partial charge in [-0.25, -0.2) is 9.78 Å². The molecule has 1 rings (SSSR count). The van der Waals surface area contributed by atoms with E-state index in [1.807, 2.05) is 26.8 Å². The summed E-state index contributed by atoms with van der Waals surface area (Å²) in [6.45, 7) is 5.66. The summed E-state index contributed by atoms with van der Waals surface area (Å²) in [6, 6.07) is 3.57. The van der Waals surface area contributed by atoms with Crippen LogP contribution in [0.25, 0.3) is 0 Å². The first kappa shape index (κ1) is 13.0. The standard InChI is InChI=1S/C11H15BrN2O2/c1-11(2,3)14-10(15)16-9-6-8(7-12)4-5-13-9/h4-6H,7H2,1-3H3,(H,14,15). The third kappa shape index (κ3) is 4.61. The second kappa shape index (κ2) is 5.30. The summed E-state index contributed by atoms with van der Waals surface area (Å²) in [4.78, 5) is 15.4. The number of ether oxygens (including phenoxy) is 1. The van der Waals surface area contributed by atoms with Gasteiger partial charge in [0, 0.05) is 23.1 Å². The number of carbonyl (C=O) groups excluding carboxylic acids is 1. The monoisotopic (exact) mass is 286 g/mol. The highest BCUT2D eigenvalue weighted by Crippen LogP contribution is 2.12. The maximum atomic E-state index is 11.4. The molecule has 1 aromatic rings. The van der Waals surface area contributed by atoms with Crippen molar-refractivity contribution >= 4 is 22.0 Å². The fraction of sp³-hybridized carbons (Fsp3) is 0.455. The molecule has 0 aliphatic carbocycles. The van der Waals surface area contributed by atoms with Crippen LogP contribution in [0, 0.1) is 0 Å². The largest absolute Gasteiger partial charge is 0.414 e. The first-order valence-corrected chi connectivity index (χ1v) is 6.04. The van der Waals surface area contributed by atoms with E-state index in [-0.39, 0.29) is 5.54 Å². The van der Waals surface area contributed by atoms with Gasteiger partial charge in [0.15, 0.2) is 0 Å². The van der Waals surface area contributed by atoms with Crippen molar-refractivity contribution in [1.82, 2.24) is 10.3 Å². The van der Waals surface area contributed by atoms with Gasteiger partial charge in [0.1, 0.15) is 0 Å². The van der Waals surface area contributed by atoms with Crippen LogP contribution in [0.4, 0.5) is 4.79 Å². The number of amides is 1. The molecule has 1 amide bonds. The Morgan fingerprint density at radius 1 is 1.56 bits per heavy atom. The van der Waals surface area contributed by atoms with Gasteiger partial charge in [0.2, 0.25) is 5.88 Å². The molecule has 0 spiro atoms. The predicted molar refractivity (Wildman–Crippen MR) is 65.8 cm³/mol. The maximum Gasteiger partial charge on any atom is 0.414 e. The number of rotatable bonds is 2. The molecule has 0 fully saturated rings. The van der Waals surface area contributed by atoms with Gasteiger partial charge in [0.05, 0.1) is 0 Å². The van der Waals surface area contributed by atoms with E-state index in [4.69, 9.17) is 4.74 Å². The second-order valence-electron chi connectivity index (χ2n) is 4.40. The molecular weight excluding hydrogens is 272 g/mol. The van der Waals surface area contributed by atoms with Gasteiger partial charge < -0.3 is 10.1 Å². The zero-order valence-corrected chi connectivity index (χ0v) is 11.2. The summed E-state index contributed by atoms with van der Waals surface area (Å²) in [5.41, 5.74) is 0.693. The number of nitrogens with one attached hydrogen (secondary N) is 1. The Balaban J connectivity index is 2.62. The fourth-order valence-corrected chi connectivity index (χ4v) is 1.36. The van der Waals surface area contributed by atoms with E-state index < -0.39 is 6.09 Å². The number of carbonyl (C=O) groups is 1. The van der Waals surface area contributed by atoms with Gasteiger partial charge in [-0.1, -0.05) is 15.9 Å². The van der Waals surface area contributed by atoms with Crippen molar-refractivity contribution < 1.29 is 9.53 Å². The smallest absolute Gasteiger partial charge is 0.391 e. The van der Waals surface area contributed by atoms with Gasteiger partial charge >= 0.3 is 6.09 Å². The molecule has 0 aromatic carbocycles. The highest BCUT2D eigenvalue weighted by atomic mass is 79.9. The van der Waals surface area contributed by atoms with E-state index in [1.165, 1.54) is 0 Å². The third-order valence-electron chi connectivity index (χ3n) is 1.63. The van der Waals surface area contributed by atoms with Gasteiger partial charge in [-0.2, -0.15) is 0 Å². The van der Waals surface area contributed by atoms with Crippen LogP contribution in [0.15, 0.2) is 18.3 Å². The lowest BCUT2D eigenvalue weighted by Crippen LogP contribution is -2.42. The van der Waals surface area contributed by atoms with Crippen LogP contribution in [-0.4, -0.2) is 16.6 Å². The molecule has 0 aliphatic rings. The van der Waals surface area contributed by atoms with Crippen molar-refractivity contribution in [2.45, 2.75) is 31.6 Å². The van der Waals surface area contributed by atoms with Crippen LogP contribution >= 0.6 is 15.9 Å². The summed E-state index contributed by atoms with van der Waals surface area (Å²) in [7, 11) is 0. The molecule has 4 nitrogen and oxygen atoms in total. The quantitative estimate of drug-likeness (QED) is 0.851. The topological polar surface area (TPSA) is 51.2 Å². The van der Waals surface area contributed by atoms with Gasteiger partial charge in [-0.3, -0.25) is 0 Å². The SMILES string of the molecule is CC(C)(C)NC(=O)Oc1cc(CBr)ccn1. The van der Waals surface area contributed by atoms with Crippen LogP contribution in [0.3, 0.4) is 0 Å². The maximum absolute atomic E-state index is 11.4. The number of aromatic nitrogens is 1. The van der Waals surface area contributed by atoms with Crippen molar-refractivity contribution in [2.24, 2.45) is 0 Å². The minimum atomic E-state index is -0.494.